The van der Waals surface area contributed by atoms with E-state index in [0.717, 1.165) is 6.42 Å². The highest BCUT2D eigenvalue weighted by Crippen LogP contribution is 2.62. The first kappa shape index (κ1) is 15.7. The van der Waals surface area contributed by atoms with E-state index < -0.39 is 0 Å². The van der Waals surface area contributed by atoms with Crippen molar-refractivity contribution in [1.82, 2.24) is 0 Å². The molecule has 0 amide bonds. The number of hydrogen-bond acceptors (Lipinski definition) is 1. The monoisotopic (exact) mass is 225 g/mol. The minimum absolute atomic E-state index is 0.120. The van der Waals surface area contributed by atoms with E-state index in [1.54, 1.807) is 6.21 Å². The summed E-state index contributed by atoms with van der Waals surface area (Å²) in [6.07, 6.45) is 2.45. The Hall–Kier alpha value is -0.330. The molecule has 0 aliphatic heterocycles. The first-order chi connectivity index (χ1) is 6.81. The van der Waals surface area contributed by atoms with Crippen molar-refractivity contribution in [2.75, 3.05) is 0 Å². The minimum Gasteiger partial charge on any atom is -0.313 e. The topological polar surface area (TPSA) is 23.9 Å². The lowest BCUT2D eigenvalue weighted by Gasteiger charge is -2.61. The molecule has 0 spiro atoms. The quantitative estimate of drug-likeness (QED) is 0.628. The lowest BCUT2D eigenvalue weighted by atomic mass is 9.43. The molecule has 1 nitrogen and oxygen atoms in total. The average molecular weight is 225 g/mol. The zero-order chi connectivity index (χ0) is 13.4. The normalized spacial score (nSPS) is 15.1. The summed E-state index contributed by atoms with van der Waals surface area (Å²) in [5.74, 6) is 0. The van der Waals surface area contributed by atoms with Crippen molar-refractivity contribution in [2.24, 2.45) is 21.7 Å². The standard InChI is InChI=1S/C15H31N/c1-12(2,3)15(10-11-16,13(4,5)6)14(7,8)9/h11,16H,10H2,1-9H3. The van der Waals surface area contributed by atoms with E-state index in [4.69, 9.17) is 5.41 Å². The largest absolute Gasteiger partial charge is 0.313 e. The summed E-state index contributed by atoms with van der Waals surface area (Å²) in [6, 6.07) is 0. The van der Waals surface area contributed by atoms with Gasteiger partial charge in [0.25, 0.3) is 0 Å². The molecule has 0 rings (SSSR count). The molecule has 1 N–H and O–H groups in total. The van der Waals surface area contributed by atoms with Gasteiger partial charge in [-0.15, -0.1) is 0 Å². The van der Waals surface area contributed by atoms with Crippen LogP contribution < -0.4 is 0 Å². The van der Waals surface area contributed by atoms with Gasteiger partial charge in [-0.25, -0.2) is 0 Å². The second kappa shape index (κ2) is 4.16. The summed E-state index contributed by atoms with van der Waals surface area (Å²) in [4.78, 5) is 0. The maximum atomic E-state index is 7.57. The van der Waals surface area contributed by atoms with E-state index in [9.17, 15) is 0 Å². The van der Waals surface area contributed by atoms with E-state index in [1.165, 1.54) is 0 Å². The second-order valence-corrected chi connectivity index (χ2v) is 8.06. The Morgan fingerprint density at radius 3 is 1.00 bits per heavy atom. The van der Waals surface area contributed by atoms with Crippen LogP contribution in [0, 0.1) is 27.1 Å². The van der Waals surface area contributed by atoms with E-state index in [1.807, 2.05) is 0 Å². The molecule has 0 saturated heterocycles. The first-order valence-electron chi connectivity index (χ1n) is 6.30. The van der Waals surface area contributed by atoms with Crippen LogP contribution >= 0.6 is 0 Å². The van der Waals surface area contributed by atoms with Crippen LogP contribution in [0.4, 0.5) is 0 Å². The molecule has 0 aromatic carbocycles. The van der Waals surface area contributed by atoms with Crippen LogP contribution in [0.2, 0.25) is 0 Å². The highest BCUT2D eigenvalue weighted by atomic mass is 14.6. The van der Waals surface area contributed by atoms with Gasteiger partial charge in [0.15, 0.2) is 0 Å². The number of hydrogen-bond donors (Lipinski definition) is 1. The van der Waals surface area contributed by atoms with Crippen molar-refractivity contribution >= 4 is 6.21 Å². The van der Waals surface area contributed by atoms with E-state index in [0.29, 0.717) is 0 Å². The van der Waals surface area contributed by atoms with E-state index >= 15 is 0 Å². The van der Waals surface area contributed by atoms with Crippen LogP contribution in [0.15, 0.2) is 0 Å². The van der Waals surface area contributed by atoms with Gasteiger partial charge in [-0.2, -0.15) is 0 Å². The molecular weight excluding hydrogens is 194 g/mol. The van der Waals surface area contributed by atoms with E-state index in [-0.39, 0.29) is 21.7 Å². The highest BCUT2D eigenvalue weighted by molar-refractivity contribution is 5.55. The van der Waals surface area contributed by atoms with Crippen LogP contribution in [-0.2, 0) is 0 Å². The van der Waals surface area contributed by atoms with Crippen molar-refractivity contribution in [3.8, 4) is 0 Å². The van der Waals surface area contributed by atoms with Gasteiger partial charge in [0.05, 0.1) is 0 Å². The molecule has 0 atom stereocenters. The highest BCUT2D eigenvalue weighted by Gasteiger charge is 2.56. The summed E-state index contributed by atoms with van der Waals surface area (Å²) in [5, 5.41) is 7.57. The van der Waals surface area contributed by atoms with Gasteiger partial charge >= 0.3 is 0 Å². The van der Waals surface area contributed by atoms with E-state index in [2.05, 4.69) is 62.3 Å². The van der Waals surface area contributed by atoms with Gasteiger partial charge < -0.3 is 5.41 Å². The molecule has 0 bridgehead atoms. The SMILES string of the molecule is CC(C)(C)C(CC=N)(C(C)(C)C)C(C)(C)C. The summed E-state index contributed by atoms with van der Waals surface area (Å²) in [5.41, 5.74) is 0.665. The fourth-order valence-electron chi connectivity index (χ4n) is 4.45. The van der Waals surface area contributed by atoms with Gasteiger partial charge in [-0.05, 0) is 34.3 Å². The number of rotatable bonds is 2. The summed E-state index contributed by atoms with van der Waals surface area (Å²) >= 11 is 0. The maximum Gasteiger partial charge on any atom is -0.00416 e. The lowest BCUT2D eigenvalue weighted by molar-refractivity contribution is -0.115. The molecule has 96 valence electrons. The molecule has 0 radical (unpaired) electrons. The zero-order valence-corrected chi connectivity index (χ0v) is 12.8. The fourth-order valence-corrected chi connectivity index (χ4v) is 4.45. The second-order valence-electron chi connectivity index (χ2n) is 8.06. The predicted molar refractivity (Wildman–Crippen MR) is 74.2 cm³/mol. The molecule has 0 aromatic heterocycles. The first-order valence-corrected chi connectivity index (χ1v) is 6.30. The third-order valence-corrected chi connectivity index (χ3v) is 4.25. The predicted octanol–water partition coefficient (Wildman–Crippen LogP) is 5.15. The lowest BCUT2D eigenvalue weighted by Crippen LogP contribution is -2.55. The van der Waals surface area contributed by atoms with Crippen molar-refractivity contribution in [1.29, 1.82) is 5.41 Å². The minimum atomic E-state index is 0.120. The molecule has 0 fully saturated rings. The molecule has 0 aliphatic rings. The van der Waals surface area contributed by atoms with Crippen LogP contribution in [0.3, 0.4) is 0 Å². The third kappa shape index (κ3) is 2.33. The van der Waals surface area contributed by atoms with Gasteiger partial charge in [0.2, 0.25) is 0 Å². The van der Waals surface area contributed by atoms with Gasteiger partial charge in [0, 0.05) is 0 Å². The molecule has 16 heavy (non-hydrogen) atoms. The fraction of sp³-hybridized carbons (Fsp3) is 0.933. The Labute approximate surface area is 103 Å². The Bertz CT molecular complexity index is 206. The Kier molecular flexibility index (Phi) is 4.07. The van der Waals surface area contributed by atoms with Crippen molar-refractivity contribution < 1.29 is 0 Å². The van der Waals surface area contributed by atoms with Gasteiger partial charge in [0.1, 0.15) is 0 Å². The number of nitrogens with one attached hydrogen (secondary N) is 1. The summed E-state index contributed by atoms with van der Waals surface area (Å²) in [6.45, 7) is 20.8. The van der Waals surface area contributed by atoms with Crippen LogP contribution in [0.1, 0.15) is 68.7 Å². The smallest absolute Gasteiger partial charge is 0.00416 e. The van der Waals surface area contributed by atoms with Crippen molar-refractivity contribution in [3.05, 3.63) is 0 Å². The molecule has 0 unspecified atom stereocenters. The van der Waals surface area contributed by atoms with Crippen LogP contribution in [0.5, 0.6) is 0 Å². The zero-order valence-electron chi connectivity index (χ0n) is 12.8. The average Bonchev–Trinajstić information content (AvgIpc) is 1.91. The molecular formula is C15H31N. The molecule has 0 saturated carbocycles. The molecule has 0 aliphatic carbocycles. The van der Waals surface area contributed by atoms with Gasteiger partial charge in [-0.1, -0.05) is 62.3 Å². The Morgan fingerprint density at radius 1 is 0.688 bits per heavy atom. The molecule has 1 heteroatoms. The van der Waals surface area contributed by atoms with Crippen molar-refractivity contribution in [2.45, 2.75) is 68.7 Å². The van der Waals surface area contributed by atoms with Crippen LogP contribution in [0.25, 0.3) is 0 Å². The van der Waals surface area contributed by atoms with Gasteiger partial charge in [-0.3, -0.25) is 0 Å². The van der Waals surface area contributed by atoms with Crippen molar-refractivity contribution in [3.63, 3.8) is 0 Å². The molecule has 0 aromatic rings. The Morgan fingerprint density at radius 2 is 0.938 bits per heavy atom. The molecule has 0 heterocycles. The third-order valence-electron chi connectivity index (χ3n) is 4.25. The van der Waals surface area contributed by atoms with Crippen LogP contribution in [-0.4, -0.2) is 6.21 Å². The summed E-state index contributed by atoms with van der Waals surface area (Å²) < 4.78 is 0. The maximum absolute atomic E-state index is 7.57. The summed E-state index contributed by atoms with van der Waals surface area (Å²) in [7, 11) is 0. The Balaban J connectivity index is 5.92.